The summed E-state index contributed by atoms with van der Waals surface area (Å²) in [5.74, 6) is -0.185. The van der Waals surface area contributed by atoms with Gasteiger partial charge in [0, 0.05) is 5.57 Å². The Kier molecular flexibility index (Phi) is 9.89. The summed E-state index contributed by atoms with van der Waals surface area (Å²) in [6.07, 6.45) is 10.4. The zero-order chi connectivity index (χ0) is 13.1. The highest BCUT2D eigenvalue weighted by atomic mass is 16.4. The molecule has 2 heteroatoms. The summed E-state index contributed by atoms with van der Waals surface area (Å²) in [7, 11) is 0. The van der Waals surface area contributed by atoms with Crippen LogP contribution in [0.15, 0.2) is 11.6 Å². The molecule has 2 nitrogen and oxygen atoms in total. The summed E-state index contributed by atoms with van der Waals surface area (Å²) in [6, 6.07) is 0. The van der Waals surface area contributed by atoms with Crippen molar-refractivity contribution in [2.45, 2.75) is 72.1 Å². The van der Waals surface area contributed by atoms with Gasteiger partial charge in [0.1, 0.15) is 0 Å². The molecule has 0 rings (SSSR count). The Bertz CT molecular complexity index is 231. The smallest absolute Gasteiger partial charge is 0.331 e. The van der Waals surface area contributed by atoms with Crippen molar-refractivity contribution in [3.05, 3.63) is 11.6 Å². The molecule has 0 fully saturated rings. The van der Waals surface area contributed by atoms with Crippen molar-refractivity contribution >= 4 is 5.97 Å². The minimum Gasteiger partial charge on any atom is -0.478 e. The van der Waals surface area contributed by atoms with Crippen molar-refractivity contribution in [1.29, 1.82) is 0 Å². The van der Waals surface area contributed by atoms with Crippen molar-refractivity contribution < 1.29 is 9.90 Å². The van der Waals surface area contributed by atoms with E-state index in [9.17, 15) is 9.90 Å². The predicted octanol–water partition coefficient (Wildman–Crippen LogP) is 4.79. The van der Waals surface area contributed by atoms with Crippen LogP contribution in [0.5, 0.6) is 0 Å². The number of hydrogen-bond acceptors (Lipinski definition) is 1. The molecular weight excluding hydrogens is 212 g/mol. The molecule has 0 aromatic heterocycles. The molecule has 0 saturated heterocycles. The Labute approximate surface area is 106 Å². The summed E-state index contributed by atoms with van der Waals surface area (Å²) < 4.78 is 0. The number of unbranched alkanes of at least 4 members (excludes halogenated alkanes) is 3. The van der Waals surface area contributed by atoms with Gasteiger partial charge in [-0.2, -0.15) is 0 Å². The van der Waals surface area contributed by atoms with E-state index in [4.69, 9.17) is 0 Å². The molecule has 0 aliphatic heterocycles. The maximum Gasteiger partial charge on any atom is 0.331 e. The van der Waals surface area contributed by atoms with E-state index in [0.29, 0.717) is 11.5 Å². The lowest BCUT2D eigenvalue weighted by Gasteiger charge is -2.14. The first-order valence-corrected chi connectivity index (χ1v) is 7.07. The number of allylic oxidation sites excluding steroid dienone is 1. The van der Waals surface area contributed by atoms with Crippen molar-refractivity contribution in [2.75, 3.05) is 0 Å². The number of rotatable bonds is 10. The molecule has 0 radical (unpaired) electrons. The molecule has 0 aromatic carbocycles. The molecule has 0 amide bonds. The van der Waals surface area contributed by atoms with Crippen LogP contribution in [0, 0.1) is 5.92 Å². The summed E-state index contributed by atoms with van der Waals surface area (Å²) in [4.78, 5) is 11.2. The van der Waals surface area contributed by atoms with Gasteiger partial charge in [0.05, 0.1) is 0 Å². The quantitative estimate of drug-likeness (QED) is 0.440. The number of aliphatic carboxylic acids is 1. The van der Waals surface area contributed by atoms with Crippen LogP contribution in [0.4, 0.5) is 0 Å². The molecule has 0 heterocycles. The number of carbonyl (C=O) groups is 1. The number of carboxylic acids is 1. The van der Waals surface area contributed by atoms with Crippen molar-refractivity contribution in [2.24, 2.45) is 5.92 Å². The number of hydrogen-bond donors (Lipinski definition) is 1. The molecule has 0 spiro atoms. The lowest BCUT2D eigenvalue weighted by Crippen LogP contribution is -2.08. The van der Waals surface area contributed by atoms with Crippen LogP contribution in [-0.4, -0.2) is 11.1 Å². The molecule has 0 aromatic rings. The third-order valence-corrected chi connectivity index (χ3v) is 3.27. The van der Waals surface area contributed by atoms with E-state index in [-0.39, 0.29) is 0 Å². The largest absolute Gasteiger partial charge is 0.478 e. The number of carboxylic acid groups (broad SMARTS) is 1. The van der Waals surface area contributed by atoms with Crippen LogP contribution in [0.3, 0.4) is 0 Å². The minimum atomic E-state index is -0.726. The summed E-state index contributed by atoms with van der Waals surface area (Å²) in [6.45, 7) is 6.47. The third-order valence-electron chi connectivity index (χ3n) is 3.27. The lowest BCUT2D eigenvalue weighted by molar-refractivity contribution is -0.132. The van der Waals surface area contributed by atoms with Crippen molar-refractivity contribution in [3.8, 4) is 0 Å². The summed E-state index contributed by atoms with van der Waals surface area (Å²) >= 11 is 0. The Hall–Kier alpha value is -0.790. The second-order valence-corrected chi connectivity index (χ2v) is 4.80. The molecule has 1 unspecified atom stereocenters. The fourth-order valence-corrected chi connectivity index (χ4v) is 1.99. The Morgan fingerprint density at radius 1 is 1.18 bits per heavy atom. The Morgan fingerprint density at radius 3 is 2.29 bits per heavy atom. The van der Waals surface area contributed by atoms with Crippen LogP contribution in [-0.2, 0) is 4.79 Å². The SMILES string of the molecule is CCCCC=C(CC(CC)CCCC)C(=O)O. The second-order valence-electron chi connectivity index (χ2n) is 4.80. The van der Waals surface area contributed by atoms with E-state index < -0.39 is 5.97 Å². The first-order chi connectivity index (χ1) is 8.15. The van der Waals surface area contributed by atoms with E-state index in [1.807, 2.05) is 6.08 Å². The maximum absolute atomic E-state index is 11.2. The first kappa shape index (κ1) is 16.2. The molecule has 0 bridgehead atoms. The predicted molar refractivity (Wildman–Crippen MR) is 73.2 cm³/mol. The van der Waals surface area contributed by atoms with Gasteiger partial charge >= 0.3 is 5.97 Å². The van der Waals surface area contributed by atoms with Gasteiger partial charge in [0.2, 0.25) is 0 Å². The maximum atomic E-state index is 11.2. The minimum absolute atomic E-state index is 0.541. The molecule has 0 saturated carbocycles. The molecule has 1 atom stereocenters. The van der Waals surface area contributed by atoms with E-state index in [1.165, 1.54) is 12.8 Å². The standard InChI is InChI=1S/C15H28O2/c1-4-7-9-11-14(15(16)17)12-13(6-3)10-8-5-2/h11,13H,4-10,12H2,1-3H3,(H,16,17). The summed E-state index contributed by atoms with van der Waals surface area (Å²) in [5, 5.41) is 9.17. The zero-order valence-corrected chi connectivity index (χ0v) is 11.7. The van der Waals surface area contributed by atoms with Gasteiger partial charge in [-0.15, -0.1) is 0 Å². The molecule has 0 aliphatic carbocycles. The average molecular weight is 240 g/mol. The molecular formula is C15H28O2. The van der Waals surface area contributed by atoms with Crippen LogP contribution in [0.2, 0.25) is 0 Å². The van der Waals surface area contributed by atoms with Gasteiger partial charge in [0.25, 0.3) is 0 Å². The van der Waals surface area contributed by atoms with Crippen molar-refractivity contribution in [1.82, 2.24) is 0 Å². The van der Waals surface area contributed by atoms with E-state index in [1.54, 1.807) is 0 Å². The second kappa shape index (κ2) is 10.4. The highest BCUT2D eigenvalue weighted by molar-refractivity contribution is 5.86. The highest BCUT2D eigenvalue weighted by Gasteiger charge is 2.13. The normalized spacial score (nSPS) is 13.7. The van der Waals surface area contributed by atoms with E-state index in [2.05, 4.69) is 20.8 Å². The zero-order valence-electron chi connectivity index (χ0n) is 11.7. The molecule has 1 N–H and O–H groups in total. The van der Waals surface area contributed by atoms with Gasteiger partial charge in [-0.05, 0) is 18.8 Å². The van der Waals surface area contributed by atoms with Gasteiger partial charge in [-0.25, -0.2) is 4.79 Å². The fraction of sp³-hybridized carbons (Fsp3) is 0.800. The molecule has 17 heavy (non-hydrogen) atoms. The Morgan fingerprint density at radius 2 is 1.82 bits per heavy atom. The highest BCUT2D eigenvalue weighted by Crippen LogP contribution is 2.22. The Balaban J connectivity index is 4.29. The molecule has 0 aliphatic rings. The van der Waals surface area contributed by atoms with Crippen LogP contribution in [0.1, 0.15) is 72.1 Å². The summed E-state index contributed by atoms with van der Waals surface area (Å²) in [5.41, 5.74) is 0.626. The fourth-order valence-electron chi connectivity index (χ4n) is 1.99. The third kappa shape index (κ3) is 8.00. The van der Waals surface area contributed by atoms with Crippen molar-refractivity contribution in [3.63, 3.8) is 0 Å². The van der Waals surface area contributed by atoms with E-state index >= 15 is 0 Å². The molecule has 100 valence electrons. The van der Waals surface area contributed by atoms with Crippen LogP contribution < -0.4 is 0 Å². The van der Waals surface area contributed by atoms with Gasteiger partial charge < -0.3 is 5.11 Å². The average Bonchev–Trinajstić information content (AvgIpc) is 2.32. The van der Waals surface area contributed by atoms with E-state index in [0.717, 1.165) is 38.5 Å². The lowest BCUT2D eigenvalue weighted by atomic mass is 9.91. The van der Waals surface area contributed by atoms with Gasteiger partial charge in [-0.3, -0.25) is 0 Å². The first-order valence-electron chi connectivity index (χ1n) is 7.07. The van der Waals surface area contributed by atoms with Crippen LogP contribution >= 0.6 is 0 Å². The topological polar surface area (TPSA) is 37.3 Å². The van der Waals surface area contributed by atoms with Gasteiger partial charge in [-0.1, -0.05) is 65.4 Å². The van der Waals surface area contributed by atoms with Crippen LogP contribution in [0.25, 0.3) is 0 Å². The van der Waals surface area contributed by atoms with Gasteiger partial charge in [0.15, 0.2) is 0 Å². The monoisotopic (exact) mass is 240 g/mol.